The number of fused-ring (bicyclic) bond motifs is 1. The van der Waals surface area contributed by atoms with E-state index in [4.69, 9.17) is 9.15 Å². The number of thiophene rings is 1. The maximum atomic E-state index is 12.3. The van der Waals surface area contributed by atoms with E-state index in [9.17, 15) is 9.59 Å². The van der Waals surface area contributed by atoms with E-state index in [0.717, 1.165) is 30.6 Å². The van der Waals surface area contributed by atoms with Crippen molar-refractivity contribution in [1.82, 2.24) is 5.32 Å². The molecule has 8 heteroatoms. The van der Waals surface area contributed by atoms with E-state index in [2.05, 4.69) is 10.6 Å². The number of esters is 1. The summed E-state index contributed by atoms with van der Waals surface area (Å²) in [6, 6.07) is 10.3. The average Bonchev–Trinajstić information content (AvgIpc) is 3.25. The van der Waals surface area contributed by atoms with Crippen molar-refractivity contribution in [3.8, 4) is 0 Å². The lowest BCUT2D eigenvalue weighted by atomic mass is 10.1. The SMILES string of the molecule is Cl.O=C(OC1CCNCC1)c1ccc(NC(=O)c2cc3occc3s2)cc1. The summed E-state index contributed by atoms with van der Waals surface area (Å²) in [5.74, 6) is -0.528. The number of halogens is 1. The molecule has 0 unspecified atom stereocenters. The minimum atomic E-state index is -0.326. The molecule has 1 saturated heterocycles. The zero-order chi connectivity index (χ0) is 17.9. The summed E-state index contributed by atoms with van der Waals surface area (Å²) in [6.45, 7) is 1.74. The molecule has 0 atom stereocenters. The number of nitrogens with one attached hydrogen (secondary N) is 2. The van der Waals surface area contributed by atoms with Gasteiger partial charge in [0.25, 0.3) is 5.91 Å². The number of benzene rings is 1. The molecule has 0 aliphatic carbocycles. The zero-order valence-corrected chi connectivity index (χ0v) is 16.0. The Morgan fingerprint density at radius 1 is 1.15 bits per heavy atom. The van der Waals surface area contributed by atoms with Crippen LogP contribution in [0.1, 0.15) is 32.9 Å². The van der Waals surface area contributed by atoms with E-state index in [1.54, 1.807) is 36.6 Å². The van der Waals surface area contributed by atoms with Crippen molar-refractivity contribution in [1.29, 1.82) is 0 Å². The summed E-state index contributed by atoms with van der Waals surface area (Å²) in [4.78, 5) is 25.1. The maximum Gasteiger partial charge on any atom is 0.338 e. The highest BCUT2D eigenvalue weighted by molar-refractivity contribution is 7.20. The van der Waals surface area contributed by atoms with E-state index >= 15 is 0 Å². The van der Waals surface area contributed by atoms with Crippen molar-refractivity contribution < 1.29 is 18.7 Å². The normalized spacial score (nSPS) is 14.5. The molecule has 0 radical (unpaired) electrons. The van der Waals surface area contributed by atoms with Gasteiger partial charge in [-0.25, -0.2) is 4.79 Å². The number of ether oxygens (including phenoxy) is 1. The van der Waals surface area contributed by atoms with Crippen LogP contribution in [0.15, 0.2) is 47.1 Å². The molecular weight excluding hydrogens is 388 g/mol. The lowest BCUT2D eigenvalue weighted by Crippen LogP contribution is -2.33. The molecule has 142 valence electrons. The molecule has 27 heavy (non-hydrogen) atoms. The lowest BCUT2D eigenvalue weighted by molar-refractivity contribution is 0.0229. The van der Waals surface area contributed by atoms with Gasteiger partial charge in [0, 0.05) is 11.8 Å². The predicted octanol–water partition coefficient (Wildman–Crippen LogP) is 4.08. The Labute approximate surface area is 166 Å². The summed E-state index contributed by atoms with van der Waals surface area (Å²) in [5.41, 5.74) is 1.81. The van der Waals surface area contributed by atoms with Crippen LogP contribution in [-0.2, 0) is 4.74 Å². The van der Waals surface area contributed by atoms with Crippen LogP contribution in [0.4, 0.5) is 5.69 Å². The molecule has 0 bridgehead atoms. The second kappa shape index (κ2) is 8.56. The third-order valence-corrected chi connectivity index (χ3v) is 5.38. The van der Waals surface area contributed by atoms with Crippen LogP contribution in [0.25, 0.3) is 10.3 Å². The Bertz CT molecular complexity index is 900. The second-order valence-electron chi connectivity index (χ2n) is 6.15. The van der Waals surface area contributed by atoms with Gasteiger partial charge in [-0.2, -0.15) is 0 Å². The highest BCUT2D eigenvalue weighted by atomic mass is 35.5. The van der Waals surface area contributed by atoms with Crippen molar-refractivity contribution >= 4 is 51.6 Å². The van der Waals surface area contributed by atoms with E-state index in [1.165, 1.54) is 11.3 Å². The molecule has 2 aromatic heterocycles. The third-order valence-electron chi connectivity index (χ3n) is 4.30. The Hall–Kier alpha value is -2.35. The number of anilines is 1. The number of hydrogen-bond donors (Lipinski definition) is 2. The first-order valence-corrected chi connectivity index (χ1v) is 9.31. The Kier molecular flexibility index (Phi) is 6.15. The fraction of sp³-hybridized carbons (Fsp3) is 0.263. The number of piperidine rings is 1. The van der Waals surface area contributed by atoms with E-state index in [-0.39, 0.29) is 30.4 Å². The van der Waals surface area contributed by atoms with Crippen molar-refractivity contribution in [2.75, 3.05) is 18.4 Å². The molecule has 1 fully saturated rings. The van der Waals surface area contributed by atoms with Crippen molar-refractivity contribution in [3.05, 3.63) is 53.1 Å². The fourth-order valence-electron chi connectivity index (χ4n) is 2.89. The quantitative estimate of drug-likeness (QED) is 0.638. The molecule has 1 amide bonds. The number of carbonyl (C=O) groups excluding carboxylic acids is 2. The number of amides is 1. The molecule has 1 aliphatic rings. The number of rotatable bonds is 4. The smallest absolute Gasteiger partial charge is 0.338 e. The van der Waals surface area contributed by atoms with Gasteiger partial charge in [0.15, 0.2) is 0 Å². The maximum absolute atomic E-state index is 12.3. The van der Waals surface area contributed by atoms with Gasteiger partial charge < -0.3 is 19.8 Å². The standard InChI is InChI=1S/C19H18N2O4S.ClH/c22-18(17-11-15-16(26-17)7-10-24-15)21-13-3-1-12(2-4-13)19(23)25-14-5-8-20-9-6-14;/h1-4,7,10-11,14,20H,5-6,8-9H2,(H,21,22);1H. The van der Waals surface area contributed by atoms with Crippen molar-refractivity contribution in [2.24, 2.45) is 0 Å². The van der Waals surface area contributed by atoms with Gasteiger partial charge in [-0.05, 0) is 56.3 Å². The molecule has 4 rings (SSSR count). The van der Waals surface area contributed by atoms with Gasteiger partial charge in [0.2, 0.25) is 0 Å². The van der Waals surface area contributed by atoms with Crippen molar-refractivity contribution in [3.63, 3.8) is 0 Å². The first-order valence-electron chi connectivity index (χ1n) is 8.49. The molecule has 2 N–H and O–H groups in total. The summed E-state index contributed by atoms with van der Waals surface area (Å²) < 4.78 is 11.7. The topological polar surface area (TPSA) is 80.6 Å². The molecule has 1 aliphatic heterocycles. The highest BCUT2D eigenvalue weighted by Gasteiger charge is 2.18. The zero-order valence-electron chi connectivity index (χ0n) is 14.4. The van der Waals surface area contributed by atoms with E-state index in [1.807, 2.05) is 6.07 Å². The van der Waals surface area contributed by atoms with Gasteiger partial charge in [0.1, 0.15) is 11.7 Å². The molecule has 0 saturated carbocycles. The van der Waals surface area contributed by atoms with Crippen LogP contribution in [0.5, 0.6) is 0 Å². The Morgan fingerprint density at radius 2 is 1.89 bits per heavy atom. The molecule has 1 aromatic carbocycles. The van der Waals surface area contributed by atoms with Crippen LogP contribution in [0.3, 0.4) is 0 Å². The molecule has 0 spiro atoms. The van der Waals surface area contributed by atoms with Gasteiger partial charge >= 0.3 is 5.97 Å². The van der Waals surface area contributed by atoms with Gasteiger partial charge in [-0.1, -0.05) is 0 Å². The first-order chi connectivity index (χ1) is 12.7. The molecule has 3 heterocycles. The number of carbonyl (C=O) groups is 2. The second-order valence-corrected chi connectivity index (χ2v) is 7.23. The Morgan fingerprint density at radius 3 is 2.59 bits per heavy atom. The van der Waals surface area contributed by atoms with Crippen molar-refractivity contribution in [2.45, 2.75) is 18.9 Å². The average molecular weight is 407 g/mol. The first kappa shape index (κ1) is 19.4. The largest absolute Gasteiger partial charge is 0.463 e. The minimum absolute atomic E-state index is 0. The fourth-order valence-corrected chi connectivity index (χ4v) is 3.77. The molecule has 3 aromatic rings. The van der Waals surface area contributed by atoms with Gasteiger partial charge in [0.05, 0.1) is 21.4 Å². The van der Waals surface area contributed by atoms with Crippen LogP contribution >= 0.6 is 23.7 Å². The summed E-state index contributed by atoms with van der Waals surface area (Å²) in [5, 5.41) is 6.06. The highest BCUT2D eigenvalue weighted by Crippen LogP contribution is 2.27. The third kappa shape index (κ3) is 4.50. The monoisotopic (exact) mass is 406 g/mol. The summed E-state index contributed by atoms with van der Waals surface area (Å²) in [7, 11) is 0. The molecular formula is C19H19ClN2O4S. The molecule has 6 nitrogen and oxygen atoms in total. The summed E-state index contributed by atoms with van der Waals surface area (Å²) >= 11 is 1.37. The predicted molar refractivity (Wildman–Crippen MR) is 107 cm³/mol. The van der Waals surface area contributed by atoms with Gasteiger partial charge in [-0.3, -0.25) is 4.79 Å². The number of hydrogen-bond acceptors (Lipinski definition) is 6. The summed E-state index contributed by atoms with van der Waals surface area (Å²) in [6.07, 6.45) is 3.25. The van der Waals surface area contributed by atoms with Crippen LogP contribution in [0, 0.1) is 0 Å². The van der Waals surface area contributed by atoms with Crippen LogP contribution in [-0.4, -0.2) is 31.1 Å². The van der Waals surface area contributed by atoms with E-state index in [0.29, 0.717) is 21.7 Å². The minimum Gasteiger partial charge on any atom is -0.463 e. The van der Waals surface area contributed by atoms with E-state index < -0.39 is 0 Å². The van der Waals surface area contributed by atoms with Gasteiger partial charge in [-0.15, -0.1) is 23.7 Å². The van der Waals surface area contributed by atoms with Crippen LogP contribution in [0.2, 0.25) is 0 Å². The van der Waals surface area contributed by atoms with Crippen LogP contribution < -0.4 is 10.6 Å². The number of furan rings is 1. The lowest BCUT2D eigenvalue weighted by Gasteiger charge is -2.22. The Balaban J connectivity index is 0.00000210.